The number of nitrogens with zero attached hydrogens (tertiary/aromatic N) is 1. The zero-order valence-corrected chi connectivity index (χ0v) is 14.5. The fraction of sp³-hybridized carbons (Fsp3) is 0.647. The molecule has 1 heterocycles. The molecule has 8 heteroatoms. The van der Waals surface area contributed by atoms with Gasteiger partial charge in [0.2, 0.25) is 5.88 Å². The van der Waals surface area contributed by atoms with Crippen molar-refractivity contribution in [1.29, 1.82) is 0 Å². The number of halogens is 4. The first-order valence-corrected chi connectivity index (χ1v) is 8.76. The molecule has 0 saturated heterocycles. The van der Waals surface area contributed by atoms with Crippen molar-refractivity contribution in [3.63, 3.8) is 0 Å². The molecule has 0 aliphatic heterocycles. The van der Waals surface area contributed by atoms with Crippen LogP contribution < -0.4 is 10.1 Å². The largest absolute Gasteiger partial charge is 0.467 e. The minimum Gasteiger partial charge on any atom is -0.467 e. The van der Waals surface area contributed by atoms with E-state index in [1.807, 2.05) is 6.92 Å². The van der Waals surface area contributed by atoms with Gasteiger partial charge < -0.3 is 10.1 Å². The van der Waals surface area contributed by atoms with Crippen LogP contribution in [0.5, 0.6) is 5.88 Å². The summed E-state index contributed by atoms with van der Waals surface area (Å²) in [5, 5.41) is 2.64. The normalized spacial score (nSPS) is 26.5. The second-order valence-electron chi connectivity index (χ2n) is 6.99. The van der Waals surface area contributed by atoms with Crippen LogP contribution in [0.15, 0.2) is 12.3 Å². The van der Waals surface area contributed by atoms with Crippen LogP contribution in [-0.2, 0) is 11.0 Å². The van der Waals surface area contributed by atoms with E-state index in [0.717, 1.165) is 18.4 Å². The van der Waals surface area contributed by atoms with E-state index >= 15 is 0 Å². The molecule has 4 nitrogen and oxygen atoms in total. The van der Waals surface area contributed by atoms with E-state index in [1.165, 1.54) is 19.3 Å². The maximum atomic E-state index is 12.6. The summed E-state index contributed by atoms with van der Waals surface area (Å²) in [5.74, 6) is 1.47. The number of carbonyl (C=O) groups excluding carboxylic acids is 1. The van der Waals surface area contributed by atoms with Gasteiger partial charge >= 0.3 is 6.18 Å². The standard InChI is InChI=1S/C17H20ClF3N2O2/c1-9(13-5-10-2-3-11(13)4-10)23-15(24)8-25-16-14(18)6-12(7-22-16)17(19,20)21/h6-7,9-11,13H,2-5,8H2,1H3,(H,23,24)/t9-,10+,11+,13-/m1/s1. The summed E-state index contributed by atoms with van der Waals surface area (Å²) in [4.78, 5) is 15.6. The van der Waals surface area contributed by atoms with Gasteiger partial charge in [0.05, 0.1) is 5.56 Å². The third kappa shape index (κ3) is 4.19. The highest BCUT2D eigenvalue weighted by Crippen LogP contribution is 2.49. The number of pyridine rings is 1. The van der Waals surface area contributed by atoms with Crippen molar-refractivity contribution in [2.75, 3.05) is 6.61 Å². The van der Waals surface area contributed by atoms with E-state index in [9.17, 15) is 18.0 Å². The number of nitrogens with one attached hydrogen (secondary N) is 1. The van der Waals surface area contributed by atoms with Gasteiger partial charge in [-0.2, -0.15) is 13.2 Å². The van der Waals surface area contributed by atoms with Crippen LogP contribution >= 0.6 is 11.6 Å². The van der Waals surface area contributed by atoms with Crippen molar-refractivity contribution in [3.8, 4) is 5.88 Å². The second kappa shape index (κ2) is 7.02. The number of alkyl halides is 3. The van der Waals surface area contributed by atoms with Gasteiger partial charge in [-0.25, -0.2) is 4.98 Å². The van der Waals surface area contributed by atoms with Gasteiger partial charge in [-0.1, -0.05) is 18.0 Å². The Morgan fingerprint density at radius 2 is 2.20 bits per heavy atom. The summed E-state index contributed by atoms with van der Waals surface area (Å²) in [5.41, 5.74) is -0.959. The van der Waals surface area contributed by atoms with E-state index in [1.54, 1.807) is 0 Å². The van der Waals surface area contributed by atoms with Crippen LogP contribution in [0.25, 0.3) is 0 Å². The lowest BCUT2D eigenvalue weighted by atomic mass is 9.84. The molecule has 1 amide bonds. The van der Waals surface area contributed by atoms with Crippen LogP contribution in [0.4, 0.5) is 13.2 Å². The summed E-state index contributed by atoms with van der Waals surface area (Å²) in [6.45, 7) is 1.66. The molecule has 2 fully saturated rings. The number of hydrogen-bond acceptors (Lipinski definition) is 3. The predicted molar refractivity (Wildman–Crippen MR) is 86.3 cm³/mol. The van der Waals surface area contributed by atoms with Crippen LogP contribution in [0.1, 0.15) is 38.2 Å². The van der Waals surface area contributed by atoms with Crippen molar-refractivity contribution < 1.29 is 22.7 Å². The lowest BCUT2D eigenvalue weighted by molar-refractivity contribution is -0.138. The molecule has 2 saturated carbocycles. The maximum absolute atomic E-state index is 12.6. The molecule has 2 aliphatic carbocycles. The molecule has 0 aromatic carbocycles. The molecule has 2 aliphatic rings. The SMILES string of the molecule is C[C@@H](NC(=O)COc1ncc(C(F)(F)F)cc1Cl)[C@H]1C[C@H]2CC[C@H]1C2. The minimum absolute atomic E-state index is 0.0578. The van der Waals surface area contributed by atoms with E-state index < -0.39 is 11.7 Å². The van der Waals surface area contributed by atoms with Gasteiger partial charge in [-0.3, -0.25) is 4.79 Å². The first-order chi connectivity index (χ1) is 11.7. The van der Waals surface area contributed by atoms with Gasteiger partial charge in [0.25, 0.3) is 5.91 Å². The lowest BCUT2D eigenvalue weighted by Crippen LogP contribution is -2.42. The van der Waals surface area contributed by atoms with Gasteiger partial charge in [-0.05, 0) is 50.0 Å². The van der Waals surface area contributed by atoms with Crippen molar-refractivity contribution in [1.82, 2.24) is 10.3 Å². The first kappa shape index (κ1) is 18.3. The molecule has 0 unspecified atom stereocenters. The Labute approximate surface area is 149 Å². The first-order valence-electron chi connectivity index (χ1n) is 8.39. The van der Waals surface area contributed by atoms with Gasteiger partial charge in [0, 0.05) is 12.2 Å². The summed E-state index contributed by atoms with van der Waals surface area (Å²) in [7, 11) is 0. The number of amides is 1. The number of hydrogen-bond donors (Lipinski definition) is 1. The van der Waals surface area contributed by atoms with E-state index in [0.29, 0.717) is 18.0 Å². The van der Waals surface area contributed by atoms with E-state index in [2.05, 4.69) is 10.3 Å². The summed E-state index contributed by atoms with van der Waals surface area (Å²) < 4.78 is 42.9. The maximum Gasteiger partial charge on any atom is 0.417 e. The highest BCUT2D eigenvalue weighted by atomic mass is 35.5. The molecule has 1 aromatic rings. The van der Waals surface area contributed by atoms with Crippen molar-refractivity contribution in [2.24, 2.45) is 17.8 Å². The number of carbonyl (C=O) groups is 1. The fourth-order valence-electron chi connectivity index (χ4n) is 4.13. The molecular formula is C17H20ClF3N2O2. The van der Waals surface area contributed by atoms with E-state index in [4.69, 9.17) is 16.3 Å². The zero-order valence-electron chi connectivity index (χ0n) is 13.8. The number of aromatic nitrogens is 1. The van der Waals surface area contributed by atoms with Gasteiger partial charge in [0.15, 0.2) is 6.61 Å². The highest BCUT2D eigenvalue weighted by molar-refractivity contribution is 6.31. The van der Waals surface area contributed by atoms with Crippen molar-refractivity contribution in [3.05, 3.63) is 22.8 Å². The Morgan fingerprint density at radius 1 is 1.44 bits per heavy atom. The third-order valence-electron chi connectivity index (χ3n) is 5.30. The topological polar surface area (TPSA) is 51.2 Å². The van der Waals surface area contributed by atoms with Gasteiger partial charge in [-0.15, -0.1) is 0 Å². The van der Waals surface area contributed by atoms with Crippen LogP contribution in [-0.4, -0.2) is 23.5 Å². The molecule has 2 bridgehead atoms. The molecule has 0 spiro atoms. The molecule has 0 radical (unpaired) electrons. The summed E-state index contributed by atoms with van der Waals surface area (Å²) in [6, 6.07) is 0.794. The average molecular weight is 377 g/mol. The van der Waals surface area contributed by atoms with Crippen LogP contribution in [0.2, 0.25) is 5.02 Å². The summed E-state index contributed by atoms with van der Waals surface area (Å²) >= 11 is 5.75. The molecule has 25 heavy (non-hydrogen) atoms. The highest BCUT2D eigenvalue weighted by Gasteiger charge is 2.42. The Kier molecular flexibility index (Phi) is 5.14. The Balaban J connectivity index is 1.50. The van der Waals surface area contributed by atoms with Crippen LogP contribution in [0, 0.1) is 17.8 Å². The lowest BCUT2D eigenvalue weighted by Gasteiger charge is -2.28. The molecule has 1 N–H and O–H groups in total. The van der Waals surface area contributed by atoms with Crippen molar-refractivity contribution in [2.45, 2.75) is 44.8 Å². The fourth-order valence-corrected chi connectivity index (χ4v) is 4.35. The Morgan fingerprint density at radius 3 is 2.76 bits per heavy atom. The molecule has 3 rings (SSSR count). The van der Waals surface area contributed by atoms with E-state index in [-0.39, 0.29) is 29.5 Å². The average Bonchev–Trinajstić information content (AvgIpc) is 3.15. The predicted octanol–water partition coefficient (Wildman–Crippen LogP) is 4.07. The quantitative estimate of drug-likeness (QED) is 0.842. The monoisotopic (exact) mass is 376 g/mol. The number of fused-ring (bicyclic) bond motifs is 2. The second-order valence-corrected chi connectivity index (χ2v) is 7.40. The molecule has 138 valence electrons. The van der Waals surface area contributed by atoms with Crippen LogP contribution in [0.3, 0.4) is 0 Å². The van der Waals surface area contributed by atoms with Crippen molar-refractivity contribution >= 4 is 17.5 Å². The minimum atomic E-state index is -4.53. The molecular weight excluding hydrogens is 357 g/mol. The van der Waals surface area contributed by atoms with Gasteiger partial charge in [0.1, 0.15) is 5.02 Å². The Bertz CT molecular complexity index is 653. The Hall–Kier alpha value is -1.50. The third-order valence-corrected chi connectivity index (χ3v) is 5.57. The molecule has 1 aromatic heterocycles. The zero-order chi connectivity index (χ0) is 18.2. The number of ether oxygens (including phenoxy) is 1. The smallest absolute Gasteiger partial charge is 0.417 e. The number of rotatable bonds is 5. The molecule has 4 atom stereocenters. The summed E-state index contributed by atoms with van der Waals surface area (Å²) in [6.07, 6.45) is 1.05.